The predicted octanol–water partition coefficient (Wildman–Crippen LogP) is 2.99. The number of halogens is 1. The van der Waals surface area contributed by atoms with E-state index in [2.05, 4.69) is 5.32 Å². The molecule has 0 radical (unpaired) electrons. The van der Waals surface area contributed by atoms with Crippen LogP contribution in [0.4, 0.5) is 11.4 Å². The van der Waals surface area contributed by atoms with E-state index in [0.29, 0.717) is 34.4 Å². The molecule has 7 nitrogen and oxygen atoms in total. The van der Waals surface area contributed by atoms with Gasteiger partial charge in [0.15, 0.2) is 11.5 Å². The van der Waals surface area contributed by atoms with Crippen LogP contribution in [0.3, 0.4) is 0 Å². The summed E-state index contributed by atoms with van der Waals surface area (Å²) in [6.07, 6.45) is 3.39. The molecule has 1 N–H and O–H groups in total. The number of hydrogen-bond acceptors (Lipinski definition) is 5. The van der Waals surface area contributed by atoms with Crippen LogP contribution >= 0.6 is 11.6 Å². The van der Waals surface area contributed by atoms with E-state index in [4.69, 9.17) is 25.8 Å². The smallest absolute Gasteiger partial charge is 0.234 e. The quantitative estimate of drug-likeness (QED) is 0.766. The van der Waals surface area contributed by atoms with E-state index in [9.17, 15) is 9.59 Å². The fraction of sp³-hybridized carbons (Fsp3) is 0.273. The van der Waals surface area contributed by atoms with E-state index < -0.39 is 23.5 Å². The number of nitrogens with zero attached hydrogens (tertiary/aromatic N) is 1. The molecule has 152 valence electrons. The molecular formula is C22H17ClN2O5. The van der Waals surface area contributed by atoms with Gasteiger partial charge in [-0.1, -0.05) is 29.8 Å². The summed E-state index contributed by atoms with van der Waals surface area (Å²) >= 11 is 6.02. The zero-order valence-corrected chi connectivity index (χ0v) is 16.5. The van der Waals surface area contributed by atoms with Crippen molar-refractivity contribution < 1.29 is 23.8 Å². The van der Waals surface area contributed by atoms with Crippen molar-refractivity contribution in [2.24, 2.45) is 11.8 Å². The lowest BCUT2D eigenvalue weighted by molar-refractivity contribution is -0.128. The van der Waals surface area contributed by atoms with Crippen LogP contribution in [-0.2, 0) is 14.3 Å². The molecule has 4 aliphatic rings. The fourth-order valence-corrected chi connectivity index (χ4v) is 5.05. The second-order valence-corrected chi connectivity index (χ2v) is 8.30. The first-order chi connectivity index (χ1) is 14.5. The standard InChI is InChI=1S/C22H17ClN2O5/c23-12-2-1-3-13(8-12)24-20(26)18-16-6-7-22(30-16)10-25(21(27)19(18)22)14-4-5-15-17(9-14)29-11-28-15/h1-9,16,18-19H,10-11H2,(H,24,26)/t16-,18-,19-,22+/m1/s1. The zero-order chi connectivity index (χ0) is 20.5. The molecule has 0 unspecified atom stereocenters. The third kappa shape index (κ3) is 2.49. The van der Waals surface area contributed by atoms with Gasteiger partial charge in [0.05, 0.1) is 24.5 Å². The van der Waals surface area contributed by atoms with Crippen LogP contribution in [0.25, 0.3) is 0 Å². The number of nitrogens with one attached hydrogen (secondary N) is 1. The van der Waals surface area contributed by atoms with Crippen molar-refractivity contribution >= 4 is 34.8 Å². The Morgan fingerprint density at radius 1 is 1.17 bits per heavy atom. The molecule has 2 bridgehead atoms. The van der Waals surface area contributed by atoms with Crippen LogP contribution in [0, 0.1) is 11.8 Å². The van der Waals surface area contributed by atoms with Crippen molar-refractivity contribution in [3.8, 4) is 11.5 Å². The maximum absolute atomic E-state index is 13.4. The number of benzene rings is 2. The third-order valence-corrected chi connectivity index (χ3v) is 6.40. The highest BCUT2D eigenvalue weighted by Crippen LogP contribution is 2.53. The highest BCUT2D eigenvalue weighted by Gasteiger charge is 2.67. The van der Waals surface area contributed by atoms with Crippen LogP contribution < -0.4 is 19.7 Å². The molecule has 0 saturated carbocycles. The first-order valence-electron chi connectivity index (χ1n) is 9.69. The number of anilines is 2. The van der Waals surface area contributed by atoms with Crippen molar-refractivity contribution in [3.63, 3.8) is 0 Å². The minimum Gasteiger partial charge on any atom is -0.454 e. The number of rotatable bonds is 3. The molecule has 4 heterocycles. The molecule has 4 atom stereocenters. The monoisotopic (exact) mass is 424 g/mol. The highest BCUT2D eigenvalue weighted by atomic mass is 35.5. The van der Waals surface area contributed by atoms with Crippen LogP contribution in [0.5, 0.6) is 11.5 Å². The molecule has 6 rings (SSSR count). The van der Waals surface area contributed by atoms with E-state index in [0.717, 1.165) is 0 Å². The van der Waals surface area contributed by atoms with Crippen molar-refractivity contribution in [3.05, 3.63) is 59.6 Å². The van der Waals surface area contributed by atoms with Gasteiger partial charge in [-0.3, -0.25) is 9.59 Å². The van der Waals surface area contributed by atoms with Crippen LogP contribution in [0.2, 0.25) is 5.02 Å². The van der Waals surface area contributed by atoms with Crippen molar-refractivity contribution in [1.82, 2.24) is 0 Å². The van der Waals surface area contributed by atoms with Crippen LogP contribution in [-0.4, -0.2) is 36.9 Å². The molecule has 8 heteroatoms. The second-order valence-electron chi connectivity index (χ2n) is 7.86. The van der Waals surface area contributed by atoms with E-state index in [1.165, 1.54) is 0 Å². The summed E-state index contributed by atoms with van der Waals surface area (Å²) in [5, 5.41) is 3.41. The first-order valence-corrected chi connectivity index (χ1v) is 10.1. The van der Waals surface area contributed by atoms with Gasteiger partial charge in [-0.25, -0.2) is 0 Å². The van der Waals surface area contributed by atoms with E-state index in [1.54, 1.807) is 41.3 Å². The van der Waals surface area contributed by atoms with Gasteiger partial charge in [-0.15, -0.1) is 0 Å². The lowest BCUT2D eigenvalue weighted by Crippen LogP contribution is -2.41. The summed E-state index contributed by atoms with van der Waals surface area (Å²) in [5.41, 5.74) is 0.489. The topological polar surface area (TPSA) is 77.1 Å². The lowest BCUT2D eigenvalue weighted by atomic mass is 9.77. The maximum Gasteiger partial charge on any atom is 0.234 e. The zero-order valence-electron chi connectivity index (χ0n) is 15.7. The molecule has 2 fully saturated rings. The highest BCUT2D eigenvalue weighted by molar-refractivity contribution is 6.30. The number of carbonyl (C=O) groups excluding carboxylic acids is 2. The minimum absolute atomic E-state index is 0.132. The first kappa shape index (κ1) is 17.8. The molecule has 1 spiro atoms. The molecule has 0 aliphatic carbocycles. The molecule has 4 aliphatic heterocycles. The summed E-state index contributed by atoms with van der Waals surface area (Å²) in [4.78, 5) is 28.2. The Morgan fingerprint density at radius 3 is 2.90 bits per heavy atom. The van der Waals surface area contributed by atoms with E-state index >= 15 is 0 Å². The second kappa shape index (κ2) is 6.23. The summed E-state index contributed by atoms with van der Waals surface area (Å²) in [7, 11) is 0. The number of carbonyl (C=O) groups is 2. The van der Waals surface area contributed by atoms with Gasteiger partial charge in [0.2, 0.25) is 18.6 Å². The Morgan fingerprint density at radius 2 is 2.03 bits per heavy atom. The average Bonchev–Trinajstić information content (AvgIpc) is 3.48. The van der Waals surface area contributed by atoms with Gasteiger partial charge in [-0.2, -0.15) is 0 Å². The number of hydrogen-bond donors (Lipinski definition) is 1. The largest absolute Gasteiger partial charge is 0.454 e. The van der Waals surface area contributed by atoms with Gasteiger partial charge in [0.25, 0.3) is 0 Å². The van der Waals surface area contributed by atoms with Gasteiger partial charge in [0, 0.05) is 22.5 Å². The van der Waals surface area contributed by atoms with Crippen molar-refractivity contribution in [2.75, 3.05) is 23.6 Å². The Balaban J connectivity index is 1.30. The molecule has 30 heavy (non-hydrogen) atoms. The third-order valence-electron chi connectivity index (χ3n) is 6.16. The van der Waals surface area contributed by atoms with Gasteiger partial charge in [-0.05, 0) is 30.3 Å². The van der Waals surface area contributed by atoms with E-state index in [-0.39, 0.29) is 18.6 Å². The fourth-order valence-electron chi connectivity index (χ4n) is 4.86. The Labute approximate surface area is 177 Å². The SMILES string of the molecule is O=C(Nc1cccc(Cl)c1)[C@@H]1[C@H]2C=C[C@@]3(CN(c4ccc5c(c4)OCO5)C(=O)[C@@H]13)O2. The Hall–Kier alpha value is -3.03. The molecular weight excluding hydrogens is 408 g/mol. The molecule has 0 aromatic heterocycles. The molecule has 2 aromatic rings. The Kier molecular flexibility index (Phi) is 3.70. The normalized spacial score (nSPS) is 30.1. The van der Waals surface area contributed by atoms with Gasteiger partial charge >= 0.3 is 0 Å². The summed E-state index contributed by atoms with van der Waals surface area (Å²) < 4.78 is 17.0. The Bertz CT molecular complexity index is 1120. The molecule has 2 aromatic carbocycles. The molecule has 2 saturated heterocycles. The predicted molar refractivity (Wildman–Crippen MR) is 109 cm³/mol. The summed E-state index contributed by atoms with van der Waals surface area (Å²) in [6.45, 7) is 0.517. The average molecular weight is 425 g/mol. The van der Waals surface area contributed by atoms with Crippen molar-refractivity contribution in [2.45, 2.75) is 11.7 Å². The number of fused-ring (bicyclic) bond motifs is 2. The van der Waals surface area contributed by atoms with Gasteiger partial charge < -0.3 is 24.4 Å². The summed E-state index contributed by atoms with van der Waals surface area (Å²) in [5.74, 6) is -0.325. The van der Waals surface area contributed by atoms with E-state index in [1.807, 2.05) is 18.2 Å². The van der Waals surface area contributed by atoms with Gasteiger partial charge in [0.1, 0.15) is 5.60 Å². The van der Waals surface area contributed by atoms with Crippen LogP contribution in [0.15, 0.2) is 54.6 Å². The minimum atomic E-state index is -0.797. The maximum atomic E-state index is 13.4. The van der Waals surface area contributed by atoms with Crippen molar-refractivity contribution in [1.29, 1.82) is 0 Å². The lowest BCUT2D eigenvalue weighted by Gasteiger charge is -2.23. The molecule has 2 amide bonds. The number of amides is 2. The van der Waals surface area contributed by atoms with Crippen LogP contribution in [0.1, 0.15) is 0 Å². The number of ether oxygens (including phenoxy) is 3. The summed E-state index contributed by atoms with van der Waals surface area (Å²) in [6, 6.07) is 12.3.